The van der Waals surface area contributed by atoms with E-state index in [0.29, 0.717) is 6.42 Å². The van der Waals surface area contributed by atoms with Crippen molar-refractivity contribution in [2.75, 3.05) is 0 Å². The number of carboxylic acid groups (broad SMARTS) is 1. The zero-order chi connectivity index (χ0) is 11.6. The molecule has 1 N–H and O–H groups in total. The molecule has 0 heterocycles. The van der Waals surface area contributed by atoms with Crippen molar-refractivity contribution in [2.45, 2.75) is 40.5 Å². The average Bonchev–Trinajstić information content (AvgIpc) is 2.14. The third kappa shape index (κ3) is 17.0. The number of hydrogen-bond acceptors (Lipinski definition) is 2. The number of carbonyl (C=O) groups is 1. The van der Waals surface area contributed by atoms with Gasteiger partial charge in [0.2, 0.25) is 0 Å². The Morgan fingerprint density at radius 2 is 2.00 bits per heavy atom. The van der Waals surface area contributed by atoms with Gasteiger partial charge in [-0.25, -0.2) is 0 Å². The number of hydrogen-bond donors (Lipinski definition) is 1. The maximum atomic E-state index is 9.91. The number of nitrogens with zero attached hydrogens (tertiary/aromatic N) is 1. The third-order valence-electron chi connectivity index (χ3n) is 1.59. The minimum atomic E-state index is -0.836. The summed E-state index contributed by atoms with van der Waals surface area (Å²) in [6.45, 7) is 7.91. The molecule has 14 heavy (non-hydrogen) atoms. The highest BCUT2D eigenvalue weighted by atomic mass is 16.4. The van der Waals surface area contributed by atoms with E-state index in [2.05, 4.69) is 19.9 Å². The summed E-state index contributed by atoms with van der Waals surface area (Å²) in [5, 5.41) is 16.4. The van der Waals surface area contributed by atoms with E-state index in [4.69, 9.17) is 10.4 Å². The van der Waals surface area contributed by atoms with Gasteiger partial charge in [-0.1, -0.05) is 11.6 Å². The first-order valence-corrected chi connectivity index (χ1v) is 4.65. The summed E-state index contributed by atoms with van der Waals surface area (Å²) in [6, 6.07) is 1.96. The van der Waals surface area contributed by atoms with Gasteiger partial charge in [0.1, 0.15) is 0 Å². The lowest BCUT2D eigenvalue weighted by Gasteiger charge is -1.95. The van der Waals surface area contributed by atoms with Crippen molar-refractivity contribution in [3.05, 3.63) is 11.6 Å². The van der Waals surface area contributed by atoms with Crippen LogP contribution in [-0.2, 0) is 4.79 Å². The number of rotatable bonds is 3. The second-order valence-electron chi connectivity index (χ2n) is 3.33. The Morgan fingerprint density at radius 3 is 2.21 bits per heavy atom. The van der Waals surface area contributed by atoms with Crippen LogP contribution in [0.2, 0.25) is 0 Å². The Morgan fingerprint density at radius 1 is 1.57 bits per heavy atom. The molecule has 0 aliphatic carbocycles. The van der Waals surface area contributed by atoms with Gasteiger partial charge in [0.25, 0.3) is 0 Å². The lowest BCUT2D eigenvalue weighted by atomic mass is 10.1. The molecule has 0 fully saturated rings. The summed E-state index contributed by atoms with van der Waals surface area (Å²) < 4.78 is 0. The largest absolute Gasteiger partial charge is 0.481 e. The van der Waals surface area contributed by atoms with E-state index < -0.39 is 5.97 Å². The van der Waals surface area contributed by atoms with Gasteiger partial charge >= 0.3 is 5.97 Å². The maximum absolute atomic E-state index is 9.91. The minimum absolute atomic E-state index is 0.0920. The topological polar surface area (TPSA) is 61.1 Å². The Labute approximate surface area is 86.1 Å². The van der Waals surface area contributed by atoms with Gasteiger partial charge < -0.3 is 5.11 Å². The van der Waals surface area contributed by atoms with Crippen LogP contribution < -0.4 is 0 Å². The molecule has 0 aromatic heterocycles. The molecule has 0 aromatic carbocycles. The monoisotopic (exact) mass is 197 g/mol. The zero-order valence-corrected chi connectivity index (χ0v) is 9.37. The van der Waals surface area contributed by atoms with Crippen LogP contribution in [0.4, 0.5) is 0 Å². The Bertz CT molecular complexity index is 222. The van der Waals surface area contributed by atoms with E-state index in [-0.39, 0.29) is 12.3 Å². The summed E-state index contributed by atoms with van der Waals surface area (Å²) in [5.41, 5.74) is 1.38. The molecule has 1 atom stereocenters. The van der Waals surface area contributed by atoms with Crippen LogP contribution in [-0.4, -0.2) is 11.1 Å². The van der Waals surface area contributed by atoms with E-state index >= 15 is 0 Å². The quantitative estimate of drug-likeness (QED) is 0.707. The van der Waals surface area contributed by atoms with E-state index in [9.17, 15) is 4.79 Å². The first-order valence-electron chi connectivity index (χ1n) is 4.65. The molecule has 0 rings (SSSR count). The maximum Gasteiger partial charge on any atom is 0.303 e. The molecule has 0 spiro atoms. The highest BCUT2D eigenvalue weighted by Gasteiger charge is 2.02. The number of allylic oxidation sites excluding steroid dienone is 2. The molecular formula is C11H19NO2. The van der Waals surface area contributed by atoms with Gasteiger partial charge in [0.05, 0.1) is 6.07 Å². The molecule has 1 unspecified atom stereocenters. The fraction of sp³-hybridized carbons (Fsp3) is 0.636. The van der Waals surface area contributed by atoms with Gasteiger partial charge in [-0.15, -0.1) is 0 Å². The third-order valence-corrected chi connectivity index (χ3v) is 1.59. The first kappa shape index (κ1) is 15.2. The Balaban J connectivity index is 0. The van der Waals surface area contributed by atoms with E-state index in [1.807, 2.05) is 13.0 Å². The molecule has 3 nitrogen and oxygen atoms in total. The molecule has 0 saturated heterocycles. The van der Waals surface area contributed by atoms with Crippen LogP contribution in [0.3, 0.4) is 0 Å². The van der Waals surface area contributed by atoms with Crippen molar-refractivity contribution >= 4 is 5.97 Å². The second-order valence-corrected chi connectivity index (χ2v) is 3.33. The molecule has 0 aromatic rings. The highest BCUT2D eigenvalue weighted by Crippen LogP contribution is 2.02. The van der Waals surface area contributed by atoms with Crippen molar-refractivity contribution in [3.63, 3.8) is 0 Å². The number of carboxylic acids is 1. The minimum Gasteiger partial charge on any atom is -0.481 e. The molecule has 0 aliphatic heterocycles. The zero-order valence-electron chi connectivity index (χ0n) is 9.37. The second kappa shape index (κ2) is 9.79. The van der Waals surface area contributed by atoms with Crippen LogP contribution in [0.25, 0.3) is 0 Å². The van der Waals surface area contributed by atoms with Crippen molar-refractivity contribution in [3.8, 4) is 6.07 Å². The smallest absolute Gasteiger partial charge is 0.303 e. The number of nitriles is 1. The molecule has 0 aliphatic rings. The molecule has 80 valence electrons. The summed E-state index contributed by atoms with van der Waals surface area (Å²) in [7, 11) is 0. The predicted octanol–water partition coefficient (Wildman–Crippen LogP) is 2.98. The van der Waals surface area contributed by atoms with E-state index in [0.717, 1.165) is 0 Å². The Hall–Kier alpha value is -1.30. The van der Waals surface area contributed by atoms with Gasteiger partial charge in [-0.2, -0.15) is 5.26 Å². The van der Waals surface area contributed by atoms with Crippen LogP contribution in [0.1, 0.15) is 40.5 Å². The first-order chi connectivity index (χ1) is 6.43. The predicted molar refractivity (Wildman–Crippen MR) is 56.8 cm³/mol. The summed E-state index contributed by atoms with van der Waals surface area (Å²) in [6.07, 6.45) is 2.63. The van der Waals surface area contributed by atoms with E-state index in [1.54, 1.807) is 6.92 Å². The average molecular weight is 197 g/mol. The highest BCUT2D eigenvalue weighted by molar-refractivity contribution is 5.66. The standard InChI is InChI=1S/C6H9NO2.C5H10/c1-5(4-7)2-3-6(8)9;1-4-5(2)3/h5H,2-3H2,1H3,(H,8,9);4H,1-3H3. The lowest BCUT2D eigenvalue weighted by Crippen LogP contribution is -1.98. The van der Waals surface area contributed by atoms with E-state index in [1.165, 1.54) is 5.57 Å². The molecular weight excluding hydrogens is 178 g/mol. The fourth-order valence-corrected chi connectivity index (χ4v) is 0.405. The van der Waals surface area contributed by atoms with Crippen molar-refractivity contribution in [2.24, 2.45) is 5.92 Å². The van der Waals surface area contributed by atoms with Crippen LogP contribution in [0.15, 0.2) is 11.6 Å². The SMILES string of the molecule is CC(C#N)CCC(=O)O.CC=C(C)C. The van der Waals surface area contributed by atoms with Crippen LogP contribution in [0, 0.1) is 17.2 Å². The van der Waals surface area contributed by atoms with Gasteiger partial charge in [0.15, 0.2) is 0 Å². The normalized spacial score (nSPS) is 10.2. The lowest BCUT2D eigenvalue weighted by molar-refractivity contribution is -0.137. The molecule has 0 saturated carbocycles. The van der Waals surface area contributed by atoms with Gasteiger partial charge in [0, 0.05) is 12.3 Å². The van der Waals surface area contributed by atoms with Gasteiger partial charge in [-0.3, -0.25) is 4.79 Å². The summed E-state index contributed by atoms with van der Waals surface area (Å²) in [4.78, 5) is 9.91. The van der Waals surface area contributed by atoms with Gasteiger partial charge in [-0.05, 0) is 34.1 Å². The molecule has 3 heteroatoms. The Kier molecular flexibility index (Phi) is 10.6. The summed E-state index contributed by atoms with van der Waals surface area (Å²) in [5.74, 6) is -0.974. The molecule has 0 bridgehead atoms. The van der Waals surface area contributed by atoms with Crippen molar-refractivity contribution < 1.29 is 9.90 Å². The number of aliphatic carboxylic acids is 1. The summed E-state index contributed by atoms with van der Waals surface area (Å²) >= 11 is 0. The van der Waals surface area contributed by atoms with Crippen LogP contribution >= 0.6 is 0 Å². The van der Waals surface area contributed by atoms with Crippen molar-refractivity contribution in [1.82, 2.24) is 0 Å². The fourth-order valence-electron chi connectivity index (χ4n) is 0.405. The van der Waals surface area contributed by atoms with Crippen LogP contribution in [0.5, 0.6) is 0 Å². The molecule has 0 amide bonds. The molecule has 0 radical (unpaired) electrons. The van der Waals surface area contributed by atoms with Crippen molar-refractivity contribution in [1.29, 1.82) is 5.26 Å².